The molecule has 0 saturated carbocycles. The van der Waals surface area contributed by atoms with E-state index in [4.69, 9.17) is 9.52 Å². The Morgan fingerprint density at radius 3 is 2.56 bits per heavy atom. The average Bonchev–Trinajstić information content (AvgIpc) is 2.63. The predicted molar refractivity (Wildman–Crippen MR) is 59.0 cm³/mol. The maximum absolute atomic E-state index is 12.2. The third-order valence-electron chi connectivity index (χ3n) is 2.48. The summed E-state index contributed by atoms with van der Waals surface area (Å²) in [6.45, 7) is 3.54. The highest BCUT2D eigenvalue weighted by molar-refractivity contribution is 5.10. The van der Waals surface area contributed by atoms with E-state index in [1.807, 2.05) is 13.8 Å². The third-order valence-corrected chi connectivity index (χ3v) is 2.48. The molecule has 104 valence electrons. The molecule has 1 unspecified atom stereocenters. The van der Waals surface area contributed by atoms with Crippen molar-refractivity contribution in [3.8, 4) is 0 Å². The maximum Gasteiger partial charge on any atom is 0.415 e. The highest BCUT2D eigenvalue weighted by Gasteiger charge is 2.38. The summed E-state index contributed by atoms with van der Waals surface area (Å²) < 4.78 is 41.7. The van der Waals surface area contributed by atoms with Gasteiger partial charge in [-0.25, -0.2) is 4.98 Å². The largest absolute Gasteiger partial charge is 0.448 e. The number of aliphatic hydroxyl groups excluding tert-OH is 1. The first-order chi connectivity index (χ1) is 8.21. The molecule has 1 aromatic rings. The van der Waals surface area contributed by atoms with Crippen LogP contribution in [0.1, 0.15) is 31.2 Å². The van der Waals surface area contributed by atoms with Crippen molar-refractivity contribution in [2.75, 3.05) is 13.6 Å². The van der Waals surface area contributed by atoms with Crippen molar-refractivity contribution in [2.24, 2.45) is 0 Å². The molecule has 0 bridgehead atoms. The number of nitrogens with zero attached hydrogens (tertiary/aromatic N) is 2. The Morgan fingerprint density at radius 2 is 2.06 bits per heavy atom. The molecule has 0 radical (unpaired) electrons. The minimum absolute atomic E-state index is 0.114. The number of hydrogen-bond acceptors (Lipinski definition) is 4. The Morgan fingerprint density at radius 1 is 1.44 bits per heavy atom. The fraction of sp³-hybridized carbons (Fsp3) is 0.727. The normalized spacial score (nSPS) is 14.5. The maximum atomic E-state index is 12.2. The minimum Gasteiger partial charge on any atom is -0.448 e. The van der Waals surface area contributed by atoms with Crippen LogP contribution in [0.3, 0.4) is 0 Å². The van der Waals surface area contributed by atoms with Gasteiger partial charge in [0.1, 0.15) is 5.76 Å². The molecule has 0 spiro atoms. The smallest absolute Gasteiger partial charge is 0.415 e. The van der Waals surface area contributed by atoms with Crippen LogP contribution in [0.25, 0.3) is 0 Å². The molecule has 1 atom stereocenters. The van der Waals surface area contributed by atoms with Crippen LogP contribution in [0, 0.1) is 0 Å². The number of alkyl halides is 3. The molecule has 0 aliphatic carbocycles. The van der Waals surface area contributed by atoms with Gasteiger partial charge < -0.3 is 9.52 Å². The third kappa shape index (κ3) is 3.99. The van der Waals surface area contributed by atoms with Gasteiger partial charge in [-0.1, -0.05) is 13.8 Å². The molecule has 1 aromatic heterocycles. The van der Waals surface area contributed by atoms with Crippen LogP contribution < -0.4 is 0 Å². The van der Waals surface area contributed by atoms with Gasteiger partial charge in [0.15, 0.2) is 12.5 Å². The van der Waals surface area contributed by atoms with Gasteiger partial charge in [0.25, 0.3) is 0 Å². The van der Waals surface area contributed by atoms with Gasteiger partial charge >= 0.3 is 6.18 Å². The number of likely N-dealkylation sites (N-methyl/N-ethyl adjacent to an activating group) is 1. The van der Waals surface area contributed by atoms with E-state index in [0.717, 1.165) is 0 Å². The standard InChI is InChI=1S/C11H17F3N2O2/c1-7(2)10-8(15-6-18-10)4-16(3)5-9(17)11(12,13)14/h6-7,9,17H,4-5H2,1-3H3. The summed E-state index contributed by atoms with van der Waals surface area (Å²) in [6.07, 6.45) is -5.67. The first-order valence-corrected chi connectivity index (χ1v) is 5.57. The zero-order valence-corrected chi connectivity index (χ0v) is 10.5. The van der Waals surface area contributed by atoms with Gasteiger partial charge in [0.2, 0.25) is 0 Å². The highest BCUT2D eigenvalue weighted by Crippen LogP contribution is 2.22. The molecule has 0 fully saturated rings. The van der Waals surface area contributed by atoms with Crippen LogP contribution in [0.15, 0.2) is 10.8 Å². The summed E-state index contributed by atoms with van der Waals surface area (Å²) >= 11 is 0. The van der Waals surface area contributed by atoms with Crippen molar-refractivity contribution in [1.82, 2.24) is 9.88 Å². The van der Waals surface area contributed by atoms with Crippen molar-refractivity contribution >= 4 is 0 Å². The number of halogens is 3. The Balaban J connectivity index is 2.60. The van der Waals surface area contributed by atoms with Crippen molar-refractivity contribution < 1.29 is 22.7 Å². The topological polar surface area (TPSA) is 49.5 Å². The molecule has 0 aliphatic rings. The van der Waals surface area contributed by atoms with Crippen LogP contribution in [0.4, 0.5) is 13.2 Å². The monoisotopic (exact) mass is 266 g/mol. The fourth-order valence-corrected chi connectivity index (χ4v) is 1.59. The number of oxazole rings is 1. The van der Waals surface area contributed by atoms with Gasteiger partial charge in [-0.05, 0) is 7.05 Å². The number of aliphatic hydroxyl groups is 1. The minimum atomic E-state index is -4.60. The van der Waals surface area contributed by atoms with Crippen molar-refractivity contribution in [2.45, 2.75) is 38.6 Å². The Kier molecular flexibility index (Phi) is 4.75. The Hall–Kier alpha value is -1.08. The molecule has 18 heavy (non-hydrogen) atoms. The van der Waals surface area contributed by atoms with Gasteiger partial charge in [-0.2, -0.15) is 13.2 Å². The molecule has 0 aliphatic heterocycles. The summed E-state index contributed by atoms with van der Waals surface area (Å²) in [5.41, 5.74) is 0.599. The van der Waals surface area contributed by atoms with E-state index >= 15 is 0 Å². The highest BCUT2D eigenvalue weighted by atomic mass is 19.4. The molecule has 0 amide bonds. The first kappa shape index (κ1) is 15.0. The quantitative estimate of drug-likeness (QED) is 0.887. The SMILES string of the molecule is CC(C)c1ocnc1CN(C)CC(O)C(F)(F)F. The second-order valence-corrected chi connectivity index (χ2v) is 4.57. The lowest BCUT2D eigenvalue weighted by Gasteiger charge is -2.21. The van der Waals surface area contributed by atoms with E-state index < -0.39 is 18.8 Å². The second-order valence-electron chi connectivity index (χ2n) is 4.57. The van der Waals surface area contributed by atoms with E-state index in [0.29, 0.717) is 11.5 Å². The van der Waals surface area contributed by atoms with Crippen molar-refractivity contribution in [3.63, 3.8) is 0 Å². The molecule has 1 N–H and O–H groups in total. The Bertz CT molecular complexity index is 377. The lowest BCUT2D eigenvalue weighted by molar-refractivity contribution is -0.207. The molecule has 0 aromatic carbocycles. The average molecular weight is 266 g/mol. The molecule has 1 heterocycles. The summed E-state index contributed by atoms with van der Waals surface area (Å²) in [5, 5.41) is 8.95. The zero-order valence-electron chi connectivity index (χ0n) is 10.5. The van der Waals surface area contributed by atoms with Crippen LogP contribution in [0.5, 0.6) is 0 Å². The Labute approximate surface area is 103 Å². The lowest BCUT2D eigenvalue weighted by Crippen LogP contribution is -2.39. The first-order valence-electron chi connectivity index (χ1n) is 5.57. The number of rotatable bonds is 5. The van der Waals surface area contributed by atoms with E-state index in [-0.39, 0.29) is 12.5 Å². The van der Waals surface area contributed by atoms with Crippen LogP contribution in [-0.2, 0) is 6.54 Å². The van der Waals surface area contributed by atoms with Crippen LogP contribution in [-0.4, -0.2) is 40.9 Å². The molecule has 4 nitrogen and oxygen atoms in total. The fourth-order valence-electron chi connectivity index (χ4n) is 1.59. The summed E-state index contributed by atoms with van der Waals surface area (Å²) in [4.78, 5) is 5.34. The van der Waals surface area contributed by atoms with Gasteiger partial charge in [0, 0.05) is 19.0 Å². The van der Waals surface area contributed by atoms with Crippen LogP contribution in [0.2, 0.25) is 0 Å². The van der Waals surface area contributed by atoms with E-state index in [1.165, 1.54) is 18.3 Å². The second kappa shape index (κ2) is 5.71. The van der Waals surface area contributed by atoms with Gasteiger partial charge in [-0.3, -0.25) is 4.90 Å². The van der Waals surface area contributed by atoms with Crippen LogP contribution >= 0.6 is 0 Å². The number of aromatic nitrogens is 1. The van der Waals surface area contributed by atoms with E-state index in [2.05, 4.69) is 4.98 Å². The van der Waals surface area contributed by atoms with E-state index in [9.17, 15) is 13.2 Å². The molecular weight excluding hydrogens is 249 g/mol. The lowest BCUT2D eigenvalue weighted by atomic mass is 10.1. The molecule has 7 heteroatoms. The zero-order chi connectivity index (χ0) is 13.9. The molecule has 0 saturated heterocycles. The van der Waals surface area contributed by atoms with Crippen molar-refractivity contribution in [3.05, 3.63) is 17.8 Å². The summed E-state index contributed by atoms with van der Waals surface area (Å²) in [5.74, 6) is 0.770. The summed E-state index contributed by atoms with van der Waals surface area (Å²) in [6, 6.07) is 0. The molecular formula is C11H17F3N2O2. The van der Waals surface area contributed by atoms with Crippen molar-refractivity contribution in [1.29, 1.82) is 0 Å². The van der Waals surface area contributed by atoms with E-state index in [1.54, 1.807) is 0 Å². The predicted octanol–water partition coefficient (Wildman–Crippen LogP) is 2.15. The number of hydrogen-bond donors (Lipinski definition) is 1. The summed E-state index contributed by atoms with van der Waals surface area (Å²) in [7, 11) is 1.49. The van der Waals surface area contributed by atoms with Gasteiger partial charge in [0.05, 0.1) is 5.69 Å². The molecule has 1 rings (SSSR count). The van der Waals surface area contributed by atoms with Gasteiger partial charge in [-0.15, -0.1) is 0 Å².